The molecule has 0 saturated heterocycles. The number of anilines is 1. The second-order valence-electron chi connectivity index (χ2n) is 7.18. The molecule has 0 fully saturated rings. The highest BCUT2D eigenvalue weighted by Gasteiger charge is 2.25. The molecule has 0 radical (unpaired) electrons. The molecule has 1 amide bonds. The van der Waals surface area contributed by atoms with Crippen LogP contribution in [0.3, 0.4) is 0 Å². The van der Waals surface area contributed by atoms with Crippen molar-refractivity contribution in [3.63, 3.8) is 0 Å². The Morgan fingerprint density at radius 1 is 1.13 bits per heavy atom. The number of hydrogen-bond donors (Lipinski definition) is 2. The van der Waals surface area contributed by atoms with Gasteiger partial charge in [-0.05, 0) is 54.9 Å². The molecule has 3 aromatic rings. The van der Waals surface area contributed by atoms with E-state index in [2.05, 4.69) is 10.6 Å². The van der Waals surface area contributed by atoms with E-state index in [1.807, 2.05) is 6.08 Å². The minimum atomic E-state index is -4.00. The van der Waals surface area contributed by atoms with Crippen LogP contribution in [0.2, 0.25) is 0 Å². The summed E-state index contributed by atoms with van der Waals surface area (Å²) in [6.07, 6.45) is 4.26. The second kappa shape index (κ2) is 6.96. The number of rotatable bonds is 3. The van der Waals surface area contributed by atoms with Gasteiger partial charge in [0.1, 0.15) is 11.6 Å². The third-order valence-corrected chi connectivity index (χ3v) is 6.95. The number of aromatic nitrogens is 1. The predicted octanol–water partition coefficient (Wildman–Crippen LogP) is 2.73. The fourth-order valence-corrected chi connectivity index (χ4v) is 5.23. The molecule has 0 atom stereocenters. The maximum atomic E-state index is 14.0. The first-order valence-corrected chi connectivity index (χ1v) is 10.9. The molecule has 154 valence electrons. The summed E-state index contributed by atoms with van der Waals surface area (Å²) in [5.41, 5.74) is 2.37. The Morgan fingerprint density at radius 2 is 2.00 bits per heavy atom. The first kappa shape index (κ1) is 18.8. The average molecular weight is 427 g/mol. The van der Waals surface area contributed by atoms with Gasteiger partial charge in [0.05, 0.1) is 16.1 Å². The zero-order chi connectivity index (χ0) is 20.9. The summed E-state index contributed by atoms with van der Waals surface area (Å²) in [7, 11) is -4.00. The highest BCUT2D eigenvalue weighted by atomic mass is 32.2. The Balaban J connectivity index is 1.68. The summed E-state index contributed by atoms with van der Waals surface area (Å²) < 4.78 is 47.4. The quantitative estimate of drug-likeness (QED) is 0.671. The van der Waals surface area contributed by atoms with Crippen molar-refractivity contribution in [2.24, 2.45) is 0 Å². The molecule has 3 heterocycles. The zero-order valence-electron chi connectivity index (χ0n) is 15.8. The molecule has 5 rings (SSSR count). The van der Waals surface area contributed by atoms with Gasteiger partial charge in [-0.2, -0.15) is 0 Å². The van der Waals surface area contributed by atoms with Gasteiger partial charge in [-0.3, -0.25) is 4.79 Å². The van der Waals surface area contributed by atoms with E-state index in [9.17, 15) is 17.6 Å². The third kappa shape index (κ3) is 3.06. The lowest BCUT2D eigenvalue weighted by molar-refractivity contribution is -0.118. The second-order valence-corrected chi connectivity index (χ2v) is 9.00. The van der Waals surface area contributed by atoms with Crippen LogP contribution in [0.15, 0.2) is 53.6 Å². The molecular formula is C21H18FN3O4S. The van der Waals surface area contributed by atoms with Crippen LogP contribution in [0, 0.1) is 5.82 Å². The van der Waals surface area contributed by atoms with Gasteiger partial charge in [0, 0.05) is 23.7 Å². The van der Waals surface area contributed by atoms with Crippen molar-refractivity contribution < 1.29 is 22.3 Å². The van der Waals surface area contributed by atoms with E-state index in [-0.39, 0.29) is 17.4 Å². The van der Waals surface area contributed by atoms with E-state index in [1.165, 1.54) is 40.4 Å². The van der Waals surface area contributed by atoms with Crippen molar-refractivity contribution >= 4 is 38.1 Å². The average Bonchev–Trinajstić information content (AvgIpc) is 3.13. The summed E-state index contributed by atoms with van der Waals surface area (Å²) in [6, 6.07) is 8.40. The van der Waals surface area contributed by atoms with Crippen molar-refractivity contribution in [3.05, 3.63) is 60.1 Å². The molecule has 0 unspecified atom stereocenters. The van der Waals surface area contributed by atoms with Crippen molar-refractivity contribution in [1.82, 2.24) is 9.29 Å². The van der Waals surface area contributed by atoms with E-state index >= 15 is 0 Å². The van der Waals surface area contributed by atoms with Crippen molar-refractivity contribution in [2.75, 3.05) is 25.0 Å². The molecule has 2 aromatic carbocycles. The number of carbonyl (C=O) groups excluding carboxylic acids is 1. The summed E-state index contributed by atoms with van der Waals surface area (Å²) >= 11 is 0. The molecule has 1 aromatic heterocycles. The number of carbonyl (C=O) groups is 1. The summed E-state index contributed by atoms with van der Waals surface area (Å²) in [4.78, 5) is 11.6. The first-order chi connectivity index (χ1) is 14.4. The van der Waals surface area contributed by atoms with E-state index in [4.69, 9.17) is 4.74 Å². The highest BCUT2D eigenvalue weighted by Crippen LogP contribution is 2.35. The number of halogens is 1. The number of nitrogens with zero attached hydrogens (tertiary/aromatic N) is 1. The van der Waals surface area contributed by atoms with Gasteiger partial charge < -0.3 is 15.4 Å². The fraction of sp³-hybridized carbons (Fsp3) is 0.190. The van der Waals surface area contributed by atoms with Crippen molar-refractivity contribution in [3.8, 4) is 5.75 Å². The van der Waals surface area contributed by atoms with Crippen LogP contribution in [-0.2, 0) is 14.8 Å². The van der Waals surface area contributed by atoms with Gasteiger partial charge >= 0.3 is 0 Å². The van der Waals surface area contributed by atoms with Crippen LogP contribution in [0.25, 0.3) is 16.5 Å². The SMILES string of the molecule is O=C1COc2ccc(S(=O)(=O)n3cc(C4=CCNCC4)c4cc(F)ccc43)cc2N1. The number of nitrogens with one attached hydrogen (secondary N) is 2. The van der Waals surface area contributed by atoms with Crippen LogP contribution in [0.1, 0.15) is 12.0 Å². The van der Waals surface area contributed by atoms with Gasteiger partial charge in [-0.1, -0.05) is 6.08 Å². The van der Waals surface area contributed by atoms with Crippen LogP contribution >= 0.6 is 0 Å². The molecule has 0 spiro atoms. The van der Waals surface area contributed by atoms with Crippen molar-refractivity contribution in [1.29, 1.82) is 0 Å². The number of ether oxygens (including phenoxy) is 1. The van der Waals surface area contributed by atoms with Crippen LogP contribution in [-0.4, -0.2) is 38.0 Å². The van der Waals surface area contributed by atoms with Gasteiger partial charge in [0.25, 0.3) is 15.9 Å². The van der Waals surface area contributed by atoms with E-state index in [0.717, 1.165) is 18.5 Å². The monoisotopic (exact) mass is 427 g/mol. The standard InChI is InChI=1S/C21H18FN3O4S/c22-14-1-3-19-16(9-14)17(13-5-7-23-8-6-13)11-25(19)30(27,28)15-2-4-20-18(10-15)24-21(26)12-29-20/h1-5,9-11,23H,6-8,12H2,(H,24,26). The lowest BCUT2D eigenvalue weighted by atomic mass is 10.00. The normalized spacial score (nSPS) is 16.6. The maximum absolute atomic E-state index is 14.0. The molecule has 2 aliphatic heterocycles. The lowest BCUT2D eigenvalue weighted by Gasteiger charge is -2.18. The molecular weight excluding hydrogens is 409 g/mol. The first-order valence-electron chi connectivity index (χ1n) is 9.46. The van der Waals surface area contributed by atoms with E-state index in [0.29, 0.717) is 34.4 Å². The zero-order valence-corrected chi connectivity index (χ0v) is 16.6. The minimum Gasteiger partial charge on any atom is -0.482 e. The molecule has 7 nitrogen and oxygen atoms in total. The number of benzene rings is 2. The highest BCUT2D eigenvalue weighted by molar-refractivity contribution is 7.90. The van der Waals surface area contributed by atoms with Gasteiger partial charge in [-0.25, -0.2) is 16.8 Å². The van der Waals surface area contributed by atoms with E-state index in [1.54, 1.807) is 6.20 Å². The molecule has 9 heteroatoms. The molecule has 0 bridgehead atoms. The van der Waals surface area contributed by atoms with Gasteiger partial charge in [-0.15, -0.1) is 0 Å². The molecule has 0 saturated carbocycles. The number of amides is 1. The minimum absolute atomic E-state index is 0.000819. The predicted molar refractivity (Wildman–Crippen MR) is 111 cm³/mol. The van der Waals surface area contributed by atoms with Crippen LogP contribution in [0.5, 0.6) is 5.75 Å². The Hall–Kier alpha value is -3.17. The van der Waals surface area contributed by atoms with Crippen LogP contribution in [0.4, 0.5) is 10.1 Å². The van der Waals surface area contributed by atoms with Crippen molar-refractivity contribution in [2.45, 2.75) is 11.3 Å². The summed E-state index contributed by atoms with van der Waals surface area (Å²) in [6.45, 7) is 1.33. The Labute approximate surface area is 172 Å². The van der Waals surface area contributed by atoms with Crippen LogP contribution < -0.4 is 15.4 Å². The van der Waals surface area contributed by atoms with Gasteiger partial charge in [0.2, 0.25) is 0 Å². The largest absolute Gasteiger partial charge is 0.482 e. The molecule has 2 aliphatic rings. The summed E-state index contributed by atoms with van der Waals surface area (Å²) in [5.74, 6) is -0.366. The lowest BCUT2D eigenvalue weighted by Crippen LogP contribution is -2.25. The molecule has 0 aliphatic carbocycles. The Bertz CT molecular complexity index is 1330. The fourth-order valence-electron chi connectivity index (χ4n) is 3.83. The number of hydrogen-bond acceptors (Lipinski definition) is 5. The summed E-state index contributed by atoms with van der Waals surface area (Å²) in [5, 5.41) is 6.38. The smallest absolute Gasteiger partial charge is 0.268 e. The molecule has 30 heavy (non-hydrogen) atoms. The number of fused-ring (bicyclic) bond motifs is 2. The van der Waals surface area contributed by atoms with E-state index < -0.39 is 15.8 Å². The third-order valence-electron chi connectivity index (χ3n) is 5.28. The van der Waals surface area contributed by atoms with Gasteiger partial charge in [0.15, 0.2) is 6.61 Å². The Morgan fingerprint density at radius 3 is 2.80 bits per heavy atom. The topological polar surface area (TPSA) is 89.4 Å². The maximum Gasteiger partial charge on any atom is 0.268 e. The Kier molecular flexibility index (Phi) is 4.37. The molecule has 2 N–H and O–H groups in total.